The van der Waals surface area contributed by atoms with Gasteiger partial charge in [0.25, 0.3) is 0 Å². The fourth-order valence-electron chi connectivity index (χ4n) is 3.52. The first-order valence-corrected chi connectivity index (χ1v) is 8.46. The summed E-state index contributed by atoms with van der Waals surface area (Å²) < 4.78 is 0.312. The molecule has 3 nitrogen and oxygen atoms in total. The third-order valence-corrected chi connectivity index (χ3v) is 6.25. The molecule has 2 aliphatic carbocycles. The van der Waals surface area contributed by atoms with Crippen LogP contribution in [0, 0.1) is 11.8 Å². The molecule has 0 saturated heterocycles. The van der Waals surface area contributed by atoms with E-state index in [4.69, 9.17) is 5.73 Å². The predicted octanol–water partition coefficient (Wildman–Crippen LogP) is 2.15. The van der Waals surface area contributed by atoms with Gasteiger partial charge in [-0.25, -0.2) is 0 Å². The van der Waals surface area contributed by atoms with Gasteiger partial charge in [0.1, 0.15) is 0 Å². The van der Waals surface area contributed by atoms with Gasteiger partial charge in [-0.3, -0.25) is 4.79 Å². The Bertz CT molecular complexity index is 290. The van der Waals surface area contributed by atoms with E-state index >= 15 is 0 Å². The molecule has 1 amide bonds. The van der Waals surface area contributed by atoms with E-state index in [-0.39, 0.29) is 11.8 Å². The fourth-order valence-corrected chi connectivity index (χ4v) is 4.43. The molecule has 2 rings (SSSR count). The molecular formula is C14H26N2OS. The zero-order chi connectivity index (χ0) is 13.0. The molecule has 0 heterocycles. The van der Waals surface area contributed by atoms with Crippen LogP contribution in [0.3, 0.4) is 0 Å². The van der Waals surface area contributed by atoms with E-state index in [0.717, 1.165) is 25.8 Å². The molecule has 0 bridgehead atoms. The number of rotatable bonds is 5. The average molecular weight is 270 g/mol. The first kappa shape index (κ1) is 14.2. The summed E-state index contributed by atoms with van der Waals surface area (Å²) >= 11 is 1.93. The van der Waals surface area contributed by atoms with E-state index in [0.29, 0.717) is 17.2 Å². The summed E-state index contributed by atoms with van der Waals surface area (Å²) in [5.74, 6) is 0.845. The van der Waals surface area contributed by atoms with Crippen molar-refractivity contribution in [2.75, 3.05) is 19.3 Å². The van der Waals surface area contributed by atoms with E-state index in [1.54, 1.807) is 0 Å². The second kappa shape index (κ2) is 6.29. The maximum absolute atomic E-state index is 12.3. The van der Waals surface area contributed by atoms with Crippen LogP contribution in [0.1, 0.15) is 44.9 Å². The van der Waals surface area contributed by atoms with Crippen LogP contribution in [-0.4, -0.2) is 30.0 Å². The van der Waals surface area contributed by atoms with Gasteiger partial charge in [-0.05, 0) is 44.4 Å². The third-order valence-electron chi connectivity index (χ3n) is 4.83. The van der Waals surface area contributed by atoms with Crippen LogP contribution in [0.15, 0.2) is 0 Å². The second-order valence-electron chi connectivity index (χ2n) is 5.85. The lowest BCUT2D eigenvalue weighted by Crippen LogP contribution is -2.42. The van der Waals surface area contributed by atoms with Crippen LogP contribution in [0.25, 0.3) is 0 Å². The molecule has 0 spiro atoms. The molecule has 0 aliphatic heterocycles. The molecule has 0 aromatic rings. The van der Waals surface area contributed by atoms with Gasteiger partial charge in [-0.1, -0.05) is 19.3 Å². The van der Waals surface area contributed by atoms with Crippen molar-refractivity contribution in [3.63, 3.8) is 0 Å². The van der Waals surface area contributed by atoms with E-state index < -0.39 is 0 Å². The lowest BCUT2D eigenvalue weighted by atomic mass is 9.95. The topological polar surface area (TPSA) is 55.1 Å². The van der Waals surface area contributed by atoms with Crippen molar-refractivity contribution in [3.05, 3.63) is 0 Å². The molecule has 2 saturated carbocycles. The Kier molecular flexibility index (Phi) is 4.96. The highest BCUT2D eigenvalue weighted by molar-refractivity contribution is 8.00. The van der Waals surface area contributed by atoms with Crippen molar-refractivity contribution in [2.45, 2.75) is 49.7 Å². The highest BCUT2D eigenvalue weighted by Gasteiger charge is 2.36. The minimum Gasteiger partial charge on any atom is -0.354 e. The van der Waals surface area contributed by atoms with Gasteiger partial charge in [0.15, 0.2) is 0 Å². The molecule has 2 fully saturated rings. The molecule has 0 aromatic heterocycles. The molecule has 18 heavy (non-hydrogen) atoms. The van der Waals surface area contributed by atoms with Crippen molar-refractivity contribution in [3.8, 4) is 0 Å². The normalized spacial score (nSPS) is 30.6. The number of nitrogens with one attached hydrogen (secondary N) is 1. The largest absolute Gasteiger partial charge is 0.354 e. The van der Waals surface area contributed by atoms with Crippen molar-refractivity contribution >= 4 is 17.7 Å². The van der Waals surface area contributed by atoms with Gasteiger partial charge >= 0.3 is 0 Å². The van der Waals surface area contributed by atoms with Crippen LogP contribution < -0.4 is 11.1 Å². The Morgan fingerprint density at radius 3 is 2.67 bits per heavy atom. The summed E-state index contributed by atoms with van der Waals surface area (Å²) in [7, 11) is 0. The molecule has 2 unspecified atom stereocenters. The maximum Gasteiger partial charge on any atom is 0.223 e. The van der Waals surface area contributed by atoms with Crippen molar-refractivity contribution < 1.29 is 4.79 Å². The number of hydrogen-bond donors (Lipinski definition) is 2. The van der Waals surface area contributed by atoms with Crippen molar-refractivity contribution in [2.24, 2.45) is 17.6 Å². The number of thioether (sulfide) groups is 1. The molecule has 2 atom stereocenters. The maximum atomic E-state index is 12.3. The minimum absolute atomic E-state index is 0.176. The first-order valence-electron chi connectivity index (χ1n) is 7.24. The zero-order valence-electron chi connectivity index (χ0n) is 11.4. The van der Waals surface area contributed by atoms with Gasteiger partial charge in [0.2, 0.25) is 5.91 Å². The van der Waals surface area contributed by atoms with Crippen LogP contribution in [0.4, 0.5) is 0 Å². The van der Waals surface area contributed by atoms with Crippen LogP contribution in [-0.2, 0) is 4.79 Å². The Morgan fingerprint density at radius 1 is 1.33 bits per heavy atom. The Labute approximate surface area is 115 Å². The first-order chi connectivity index (χ1) is 8.71. The standard InChI is InChI=1S/C14H26N2OS/c1-18-14(7-2-3-8-14)10-16-13(17)12-6-4-5-11(12)9-15/h11-12H,2-10,15H2,1H3,(H,16,17). The molecule has 2 aliphatic rings. The van der Waals surface area contributed by atoms with Crippen molar-refractivity contribution in [1.82, 2.24) is 5.32 Å². The number of carbonyl (C=O) groups excluding carboxylic acids is 1. The smallest absolute Gasteiger partial charge is 0.223 e. The van der Waals surface area contributed by atoms with Crippen LogP contribution in [0.5, 0.6) is 0 Å². The van der Waals surface area contributed by atoms with Crippen LogP contribution >= 0.6 is 11.8 Å². The molecule has 4 heteroatoms. The number of hydrogen-bond acceptors (Lipinski definition) is 3. The lowest BCUT2D eigenvalue weighted by Gasteiger charge is -2.28. The SMILES string of the molecule is CSC1(CNC(=O)C2CCCC2CN)CCCC1. The predicted molar refractivity (Wildman–Crippen MR) is 77.6 cm³/mol. The third kappa shape index (κ3) is 3.02. The highest BCUT2D eigenvalue weighted by Crippen LogP contribution is 2.40. The lowest BCUT2D eigenvalue weighted by molar-refractivity contribution is -0.126. The Balaban J connectivity index is 1.84. The van der Waals surface area contributed by atoms with Gasteiger partial charge < -0.3 is 11.1 Å². The van der Waals surface area contributed by atoms with Gasteiger partial charge in [-0.2, -0.15) is 11.8 Å². The molecular weight excluding hydrogens is 244 g/mol. The summed E-state index contributed by atoms with van der Waals surface area (Å²) in [6, 6.07) is 0. The zero-order valence-corrected chi connectivity index (χ0v) is 12.2. The molecule has 0 radical (unpaired) electrons. The number of amides is 1. The van der Waals surface area contributed by atoms with Gasteiger partial charge in [0.05, 0.1) is 0 Å². The average Bonchev–Trinajstić information content (AvgIpc) is 3.05. The summed E-state index contributed by atoms with van der Waals surface area (Å²) in [6.45, 7) is 1.51. The summed E-state index contributed by atoms with van der Waals surface area (Å²) in [6.07, 6.45) is 10.6. The van der Waals surface area contributed by atoms with E-state index in [1.807, 2.05) is 11.8 Å². The van der Waals surface area contributed by atoms with E-state index in [2.05, 4.69) is 11.6 Å². The molecule has 0 aromatic carbocycles. The van der Waals surface area contributed by atoms with E-state index in [9.17, 15) is 4.79 Å². The van der Waals surface area contributed by atoms with Gasteiger partial charge in [-0.15, -0.1) is 0 Å². The number of carbonyl (C=O) groups is 1. The summed E-state index contributed by atoms with van der Waals surface area (Å²) in [5, 5.41) is 3.21. The summed E-state index contributed by atoms with van der Waals surface area (Å²) in [5.41, 5.74) is 5.75. The van der Waals surface area contributed by atoms with E-state index in [1.165, 1.54) is 25.7 Å². The van der Waals surface area contributed by atoms with Crippen LogP contribution in [0.2, 0.25) is 0 Å². The fraction of sp³-hybridized carbons (Fsp3) is 0.929. The highest BCUT2D eigenvalue weighted by atomic mass is 32.2. The van der Waals surface area contributed by atoms with Crippen molar-refractivity contribution in [1.29, 1.82) is 0 Å². The monoisotopic (exact) mass is 270 g/mol. The molecule has 3 N–H and O–H groups in total. The minimum atomic E-state index is 0.176. The second-order valence-corrected chi connectivity index (χ2v) is 7.12. The number of nitrogens with two attached hydrogens (primary N) is 1. The quantitative estimate of drug-likeness (QED) is 0.805. The summed E-state index contributed by atoms with van der Waals surface area (Å²) in [4.78, 5) is 12.3. The Hall–Kier alpha value is -0.220. The molecule has 104 valence electrons. The van der Waals surface area contributed by atoms with Gasteiger partial charge in [0, 0.05) is 17.2 Å². The Morgan fingerprint density at radius 2 is 2.06 bits per heavy atom.